The Kier molecular flexibility index (Phi) is 5.46. The number of benzene rings is 2. The lowest BCUT2D eigenvalue weighted by molar-refractivity contribution is 0.102. The molecule has 0 fully saturated rings. The molecule has 3 aromatic rings. The molecule has 27 heavy (non-hydrogen) atoms. The monoisotopic (exact) mass is 368 g/mol. The molecular weight excluding hydrogens is 351 g/mol. The van der Waals surface area contributed by atoms with Crippen LogP contribution in [-0.2, 0) is 0 Å². The number of nitrogens with one attached hydrogen (secondary N) is 2. The number of para-hydroxylation sites is 1. The predicted octanol–water partition coefficient (Wildman–Crippen LogP) is 3.63. The summed E-state index contributed by atoms with van der Waals surface area (Å²) in [6.45, 7) is 0. The third kappa shape index (κ3) is 4.30. The summed E-state index contributed by atoms with van der Waals surface area (Å²) >= 11 is 0. The van der Waals surface area contributed by atoms with Gasteiger partial charge in [0.15, 0.2) is 11.5 Å². The van der Waals surface area contributed by atoms with Crippen molar-refractivity contribution in [2.45, 2.75) is 0 Å². The van der Waals surface area contributed by atoms with Crippen molar-refractivity contribution in [3.8, 4) is 11.5 Å². The molecule has 0 saturated heterocycles. The molecule has 1 amide bonds. The Morgan fingerprint density at radius 3 is 2.44 bits per heavy atom. The summed E-state index contributed by atoms with van der Waals surface area (Å²) in [4.78, 5) is 12.4. The van der Waals surface area contributed by atoms with Gasteiger partial charge in [-0.2, -0.15) is 0 Å². The van der Waals surface area contributed by atoms with Crippen molar-refractivity contribution in [1.82, 2.24) is 10.2 Å². The lowest BCUT2D eigenvalue weighted by atomic mass is 10.2. The molecule has 0 aliphatic carbocycles. The van der Waals surface area contributed by atoms with Crippen molar-refractivity contribution >= 4 is 23.1 Å². The number of rotatable bonds is 6. The summed E-state index contributed by atoms with van der Waals surface area (Å²) in [6, 6.07) is 14.3. The zero-order valence-corrected chi connectivity index (χ0v) is 14.7. The lowest BCUT2D eigenvalue weighted by Gasteiger charge is -2.11. The number of hydrogen-bond donors (Lipinski definition) is 2. The van der Waals surface area contributed by atoms with Gasteiger partial charge >= 0.3 is 0 Å². The number of halogens is 1. The third-order valence-electron chi connectivity index (χ3n) is 3.69. The van der Waals surface area contributed by atoms with Crippen molar-refractivity contribution < 1.29 is 18.7 Å². The Bertz CT molecular complexity index is 948. The molecule has 2 aromatic carbocycles. The summed E-state index contributed by atoms with van der Waals surface area (Å²) < 4.78 is 24.0. The summed E-state index contributed by atoms with van der Waals surface area (Å²) in [5.74, 6) is 0.491. The zero-order chi connectivity index (χ0) is 19.2. The average Bonchev–Trinajstić information content (AvgIpc) is 2.70. The topological polar surface area (TPSA) is 85.4 Å². The number of nitrogens with zero attached hydrogens (tertiary/aromatic N) is 2. The quantitative estimate of drug-likeness (QED) is 0.691. The molecule has 0 saturated carbocycles. The fourth-order valence-electron chi connectivity index (χ4n) is 2.32. The van der Waals surface area contributed by atoms with Crippen LogP contribution in [0.4, 0.5) is 21.6 Å². The smallest absolute Gasteiger partial charge is 0.276 e. The minimum Gasteiger partial charge on any atom is -0.497 e. The lowest BCUT2D eigenvalue weighted by Crippen LogP contribution is -2.15. The molecule has 0 spiro atoms. The van der Waals surface area contributed by atoms with E-state index in [1.807, 2.05) is 0 Å². The van der Waals surface area contributed by atoms with Gasteiger partial charge in [0.05, 0.1) is 25.6 Å². The molecule has 3 rings (SSSR count). The fraction of sp³-hybridized carbons (Fsp3) is 0.105. The zero-order valence-electron chi connectivity index (χ0n) is 14.7. The molecule has 2 N–H and O–H groups in total. The van der Waals surface area contributed by atoms with Crippen LogP contribution in [0, 0.1) is 5.82 Å². The molecule has 1 heterocycles. The van der Waals surface area contributed by atoms with Gasteiger partial charge in [-0.1, -0.05) is 12.1 Å². The molecule has 1 aromatic heterocycles. The first-order valence-electron chi connectivity index (χ1n) is 7.99. The number of carbonyl (C=O) groups is 1. The summed E-state index contributed by atoms with van der Waals surface area (Å²) in [5.41, 5.74) is 0.807. The molecular formula is C19H17FN4O3. The van der Waals surface area contributed by atoms with Crippen LogP contribution in [0.3, 0.4) is 0 Å². The van der Waals surface area contributed by atoms with E-state index in [1.165, 1.54) is 32.4 Å². The maximum absolute atomic E-state index is 13.7. The van der Waals surface area contributed by atoms with Gasteiger partial charge in [-0.3, -0.25) is 4.79 Å². The predicted molar refractivity (Wildman–Crippen MR) is 99.2 cm³/mol. The van der Waals surface area contributed by atoms with Gasteiger partial charge in [-0.15, -0.1) is 10.2 Å². The second kappa shape index (κ2) is 8.13. The first kappa shape index (κ1) is 18.1. The number of hydrogen-bond acceptors (Lipinski definition) is 6. The Balaban J connectivity index is 1.74. The largest absolute Gasteiger partial charge is 0.497 e. The van der Waals surface area contributed by atoms with Crippen molar-refractivity contribution in [1.29, 1.82) is 0 Å². The van der Waals surface area contributed by atoms with Crippen LogP contribution in [0.25, 0.3) is 0 Å². The van der Waals surface area contributed by atoms with Crippen LogP contribution < -0.4 is 20.1 Å². The summed E-state index contributed by atoms with van der Waals surface area (Å²) in [5, 5.41) is 13.3. The number of anilines is 3. The van der Waals surface area contributed by atoms with Crippen LogP contribution in [0.1, 0.15) is 10.5 Å². The van der Waals surface area contributed by atoms with Crippen molar-refractivity contribution in [3.63, 3.8) is 0 Å². The molecule has 0 aliphatic rings. The number of aromatic nitrogens is 2. The third-order valence-corrected chi connectivity index (χ3v) is 3.69. The van der Waals surface area contributed by atoms with E-state index in [-0.39, 0.29) is 11.4 Å². The highest BCUT2D eigenvalue weighted by Crippen LogP contribution is 2.29. The Morgan fingerprint density at radius 1 is 0.963 bits per heavy atom. The molecule has 0 aliphatic heterocycles. The number of carbonyl (C=O) groups excluding carboxylic acids is 1. The first-order chi connectivity index (χ1) is 13.1. The molecule has 138 valence electrons. The number of amides is 1. The fourth-order valence-corrected chi connectivity index (χ4v) is 2.32. The van der Waals surface area contributed by atoms with E-state index in [2.05, 4.69) is 20.8 Å². The maximum Gasteiger partial charge on any atom is 0.276 e. The van der Waals surface area contributed by atoms with Crippen molar-refractivity contribution in [3.05, 3.63) is 66.1 Å². The molecule has 0 unspecified atom stereocenters. The average molecular weight is 368 g/mol. The maximum atomic E-state index is 13.7. The molecule has 8 heteroatoms. The van der Waals surface area contributed by atoms with Gasteiger partial charge < -0.3 is 20.1 Å². The van der Waals surface area contributed by atoms with Crippen molar-refractivity contribution in [2.24, 2.45) is 0 Å². The first-order valence-corrected chi connectivity index (χ1v) is 7.99. The molecule has 0 atom stereocenters. The van der Waals surface area contributed by atoms with Crippen LogP contribution in [0.2, 0.25) is 0 Å². The number of ether oxygens (including phenoxy) is 2. The van der Waals surface area contributed by atoms with Gasteiger partial charge in [-0.05, 0) is 36.4 Å². The number of methoxy groups -OCH3 is 2. The molecule has 0 radical (unpaired) electrons. The molecule has 7 nitrogen and oxygen atoms in total. The standard InChI is InChI=1S/C19H17FN4O3/c1-26-12-7-9-17(27-2)16(11-12)22-19(25)15-8-10-18(24-23-15)21-14-6-4-3-5-13(14)20/h3-11H,1-2H3,(H,21,24)(H,22,25). The minimum atomic E-state index is -0.466. The second-order valence-electron chi connectivity index (χ2n) is 5.43. The van der Waals surface area contributed by atoms with E-state index in [4.69, 9.17) is 9.47 Å². The van der Waals surface area contributed by atoms with E-state index in [0.717, 1.165) is 0 Å². The van der Waals surface area contributed by atoms with Gasteiger partial charge in [0, 0.05) is 6.07 Å². The highest BCUT2D eigenvalue weighted by atomic mass is 19.1. The highest BCUT2D eigenvalue weighted by Gasteiger charge is 2.13. The van der Waals surface area contributed by atoms with Crippen molar-refractivity contribution in [2.75, 3.05) is 24.9 Å². The van der Waals surface area contributed by atoms with Crippen LogP contribution in [-0.4, -0.2) is 30.3 Å². The van der Waals surface area contributed by atoms with E-state index < -0.39 is 11.7 Å². The van der Waals surface area contributed by atoms with E-state index in [1.54, 1.807) is 36.4 Å². The van der Waals surface area contributed by atoms with Gasteiger partial charge in [0.1, 0.15) is 17.3 Å². The summed E-state index contributed by atoms with van der Waals surface area (Å²) in [7, 11) is 3.03. The summed E-state index contributed by atoms with van der Waals surface area (Å²) in [6.07, 6.45) is 0. The normalized spacial score (nSPS) is 10.2. The van der Waals surface area contributed by atoms with Crippen LogP contribution >= 0.6 is 0 Å². The SMILES string of the molecule is COc1ccc(OC)c(NC(=O)c2ccc(Nc3ccccc3F)nn2)c1. The van der Waals surface area contributed by atoms with Crippen LogP contribution in [0.15, 0.2) is 54.6 Å². The minimum absolute atomic E-state index is 0.0963. The Hall–Kier alpha value is -3.68. The van der Waals surface area contributed by atoms with Gasteiger partial charge in [0.25, 0.3) is 5.91 Å². The van der Waals surface area contributed by atoms with Gasteiger partial charge in [-0.25, -0.2) is 4.39 Å². The Morgan fingerprint density at radius 2 is 1.78 bits per heavy atom. The second-order valence-corrected chi connectivity index (χ2v) is 5.43. The van der Waals surface area contributed by atoms with E-state index in [9.17, 15) is 9.18 Å². The van der Waals surface area contributed by atoms with Gasteiger partial charge in [0.2, 0.25) is 0 Å². The molecule has 0 bridgehead atoms. The van der Waals surface area contributed by atoms with E-state index in [0.29, 0.717) is 23.0 Å². The Labute approximate surface area is 155 Å². The highest BCUT2D eigenvalue weighted by molar-refractivity contribution is 6.03. The van der Waals surface area contributed by atoms with E-state index >= 15 is 0 Å². The van der Waals surface area contributed by atoms with Crippen LogP contribution in [0.5, 0.6) is 11.5 Å².